The van der Waals surface area contributed by atoms with Gasteiger partial charge in [0.15, 0.2) is 11.6 Å². The van der Waals surface area contributed by atoms with Crippen molar-refractivity contribution in [2.45, 2.75) is 20.3 Å². The highest BCUT2D eigenvalue weighted by molar-refractivity contribution is 9.12. The average Bonchev–Trinajstić information content (AvgIpc) is 3.53. The number of carbonyl (C=O) groups is 4. The summed E-state index contributed by atoms with van der Waals surface area (Å²) < 4.78 is 0.0513. The maximum atomic E-state index is 12.8. The van der Waals surface area contributed by atoms with Gasteiger partial charge in [-0.15, -0.1) is 5.10 Å². The molecule has 194 valence electrons. The Morgan fingerprint density at radius 1 is 0.919 bits per heavy atom. The Morgan fingerprint density at radius 2 is 1.49 bits per heavy atom. The summed E-state index contributed by atoms with van der Waals surface area (Å²) in [7, 11) is 0. The first-order valence-corrected chi connectivity index (χ1v) is 11.2. The maximum absolute atomic E-state index is 12.8. The van der Waals surface area contributed by atoms with E-state index in [1.807, 2.05) is 0 Å². The van der Waals surface area contributed by atoms with Crippen molar-refractivity contribution in [1.29, 1.82) is 5.41 Å². The molecule has 0 aliphatic heterocycles. The van der Waals surface area contributed by atoms with Gasteiger partial charge in [0.2, 0.25) is 11.8 Å². The summed E-state index contributed by atoms with van der Waals surface area (Å²) >= 11 is 2.91. The number of rotatable bonds is 10. The Balaban J connectivity index is 1.64. The molecule has 3 aromatic rings. The van der Waals surface area contributed by atoms with Crippen LogP contribution in [-0.4, -0.2) is 71.6 Å². The fourth-order valence-electron chi connectivity index (χ4n) is 2.81. The Morgan fingerprint density at radius 3 is 2.05 bits per heavy atom. The first-order chi connectivity index (χ1) is 17.5. The number of hydrogen-bond acceptors (Lipinski definition) is 9. The van der Waals surface area contributed by atoms with Gasteiger partial charge in [-0.3, -0.25) is 45.2 Å². The summed E-state index contributed by atoms with van der Waals surface area (Å²) in [5, 5.41) is 36.2. The molecule has 0 spiro atoms. The number of nitrogens with two attached hydrogens (primary N) is 1. The summed E-state index contributed by atoms with van der Waals surface area (Å²) in [4.78, 5) is 53.0. The van der Waals surface area contributed by atoms with E-state index in [1.165, 1.54) is 0 Å². The molecule has 18 heteroatoms. The minimum absolute atomic E-state index is 0.0338. The van der Waals surface area contributed by atoms with Crippen LogP contribution in [0.1, 0.15) is 49.1 Å². The topological polar surface area (TPSA) is 265 Å². The molecule has 3 rings (SSSR count). The van der Waals surface area contributed by atoms with E-state index in [1.54, 1.807) is 13.8 Å². The normalized spacial score (nSPS) is 10.5. The molecule has 10 N–H and O–H groups in total. The predicted octanol–water partition coefficient (Wildman–Crippen LogP) is 0.275. The zero-order valence-electron chi connectivity index (χ0n) is 19.5. The molecule has 3 aromatic heterocycles. The van der Waals surface area contributed by atoms with Crippen molar-refractivity contribution in [3.63, 3.8) is 0 Å². The molecule has 3 heterocycles. The standard InChI is InChI=1S/C19H22BrN13O4/c1-6-10(16(35)23-5-4-9(21)22)28-30-12(6)24-17(36)11-7(2)13(31-29-11)25-18(37)14-26-19(33-32-14)27-15(34)8(3)20/h3-5H2,1-2H3,(H3,21,22)(H,23,35)(H2,24,28,30,36)(H2,25,29,31,37)(H2,26,27,32,33,34). The second-order valence-corrected chi connectivity index (χ2v) is 8.41. The van der Waals surface area contributed by atoms with Crippen molar-refractivity contribution >= 4 is 63.0 Å². The Kier molecular flexibility index (Phi) is 8.12. The Labute approximate surface area is 216 Å². The van der Waals surface area contributed by atoms with E-state index in [9.17, 15) is 19.2 Å². The number of aromatic amines is 3. The van der Waals surface area contributed by atoms with E-state index in [0.717, 1.165) is 0 Å². The second-order valence-electron chi connectivity index (χ2n) is 7.45. The van der Waals surface area contributed by atoms with Crippen LogP contribution in [0, 0.1) is 19.3 Å². The van der Waals surface area contributed by atoms with Gasteiger partial charge >= 0.3 is 0 Å². The Bertz CT molecular complexity index is 1400. The van der Waals surface area contributed by atoms with Crippen molar-refractivity contribution in [2.24, 2.45) is 5.73 Å². The number of amidine groups is 1. The number of carbonyl (C=O) groups excluding carboxylic acids is 4. The molecule has 4 amide bonds. The third kappa shape index (κ3) is 6.42. The molecular weight excluding hydrogens is 554 g/mol. The smallest absolute Gasteiger partial charge is 0.294 e. The number of anilines is 3. The van der Waals surface area contributed by atoms with Gasteiger partial charge in [-0.25, -0.2) is 0 Å². The lowest BCUT2D eigenvalue weighted by atomic mass is 10.2. The third-order valence-corrected chi connectivity index (χ3v) is 5.15. The molecule has 0 saturated carbocycles. The van der Waals surface area contributed by atoms with Crippen molar-refractivity contribution < 1.29 is 19.2 Å². The van der Waals surface area contributed by atoms with Crippen molar-refractivity contribution in [2.75, 3.05) is 22.5 Å². The van der Waals surface area contributed by atoms with Crippen LogP contribution in [0.5, 0.6) is 0 Å². The molecule has 0 saturated heterocycles. The van der Waals surface area contributed by atoms with Crippen LogP contribution in [0.4, 0.5) is 17.6 Å². The maximum Gasteiger partial charge on any atom is 0.294 e. The van der Waals surface area contributed by atoms with Gasteiger partial charge in [0, 0.05) is 24.1 Å². The third-order valence-electron chi connectivity index (χ3n) is 4.79. The summed E-state index contributed by atoms with van der Waals surface area (Å²) in [6, 6.07) is 0. The molecule has 0 atom stereocenters. The summed E-state index contributed by atoms with van der Waals surface area (Å²) in [5.74, 6) is -2.66. The number of nitrogens with zero attached hydrogens (tertiary/aromatic N) is 4. The van der Waals surface area contributed by atoms with Crippen LogP contribution in [0.15, 0.2) is 11.1 Å². The molecule has 0 aliphatic carbocycles. The van der Waals surface area contributed by atoms with E-state index >= 15 is 0 Å². The van der Waals surface area contributed by atoms with Crippen LogP contribution >= 0.6 is 15.9 Å². The average molecular weight is 576 g/mol. The van der Waals surface area contributed by atoms with Crippen LogP contribution in [0.25, 0.3) is 0 Å². The summed E-state index contributed by atoms with van der Waals surface area (Å²) in [6.07, 6.45) is 0.196. The number of H-pyrrole nitrogens is 3. The van der Waals surface area contributed by atoms with Gasteiger partial charge in [-0.1, -0.05) is 6.58 Å². The first-order valence-electron chi connectivity index (χ1n) is 10.4. The molecule has 17 nitrogen and oxygen atoms in total. The number of hydrogen-bond donors (Lipinski definition) is 9. The van der Waals surface area contributed by atoms with E-state index in [2.05, 4.69) is 79.4 Å². The van der Waals surface area contributed by atoms with E-state index < -0.39 is 23.6 Å². The van der Waals surface area contributed by atoms with Gasteiger partial charge in [0.25, 0.3) is 23.6 Å². The van der Waals surface area contributed by atoms with Crippen molar-refractivity contribution in [3.8, 4) is 0 Å². The van der Waals surface area contributed by atoms with E-state index in [0.29, 0.717) is 11.1 Å². The number of nitrogens with one attached hydrogen (secondary N) is 8. The van der Waals surface area contributed by atoms with Gasteiger partial charge in [-0.2, -0.15) is 15.2 Å². The van der Waals surface area contributed by atoms with Crippen LogP contribution < -0.4 is 27.0 Å². The zero-order chi connectivity index (χ0) is 27.3. The number of aromatic nitrogens is 7. The lowest BCUT2D eigenvalue weighted by Gasteiger charge is -2.05. The number of halogens is 1. The molecule has 0 aromatic carbocycles. The minimum Gasteiger partial charge on any atom is -0.388 e. The minimum atomic E-state index is -0.726. The predicted molar refractivity (Wildman–Crippen MR) is 134 cm³/mol. The lowest BCUT2D eigenvalue weighted by molar-refractivity contribution is -0.112. The zero-order valence-corrected chi connectivity index (χ0v) is 21.1. The van der Waals surface area contributed by atoms with Crippen LogP contribution in [0.3, 0.4) is 0 Å². The summed E-state index contributed by atoms with van der Waals surface area (Å²) in [6.45, 7) is 6.72. The highest BCUT2D eigenvalue weighted by Gasteiger charge is 2.23. The van der Waals surface area contributed by atoms with Gasteiger partial charge in [-0.05, 0) is 29.8 Å². The van der Waals surface area contributed by atoms with Gasteiger partial charge < -0.3 is 21.7 Å². The SMILES string of the molecule is C=C(Br)C(=O)Nc1n[nH]c(C(=O)Nc2n[nH]c(C(=O)Nc3n[nH]c(C(=O)NCCC(=N)N)c3C)c2C)n1. The van der Waals surface area contributed by atoms with Crippen molar-refractivity contribution in [3.05, 3.63) is 39.4 Å². The highest BCUT2D eigenvalue weighted by Crippen LogP contribution is 2.20. The fourth-order valence-corrected chi connectivity index (χ4v) is 2.90. The van der Waals surface area contributed by atoms with Crippen LogP contribution in [0.2, 0.25) is 0 Å². The monoisotopic (exact) mass is 575 g/mol. The Hall–Kier alpha value is -4.87. The van der Waals surface area contributed by atoms with E-state index in [4.69, 9.17) is 11.1 Å². The molecule has 0 radical (unpaired) electrons. The fraction of sp³-hybridized carbons (Fsp3) is 0.211. The highest BCUT2D eigenvalue weighted by atomic mass is 79.9. The molecule has 37 heavy (non-hydrogen) atoms. The van der Waals surface area contributed by atoms with Crippen molar-refractivity contribution in [1.82, 2.24) is 40.9 Å². The van der Waals surface area contributed by atoms with Crippen LogP contribution in [-0.2, 0) is 4.79 Å². The first kappa shape index (κ1) is 26.7. The molecule has 0 aliphatic rings. The molecule has 0 fully saturated rings. The number of amides is 4. The van der Waals surface area contributed by atoms with Gasteiger partial charge in [0.1, 0.15) is 11.4 Å². The second kappa shape index (κ2) is 11.2. The lowest BCUT2D eigenvalue weighted by Crippen LogP contribution is -2.28. The summed E-state index contributed by atoms with van der Waals surface area (Å²) in [5.41, 5.74) is 6.13. The molecular formula is C19H22BrN13O4. The van der Waals surface area contributed by atoms with E-state index in [-0.39, 0.29) is 58.1 Å². The largest absolute Gasteiger partial charge is 0.388 e. The molecule has 0 bridgehead atoms. The quantitative estimate of drug-likeness (QED) is 0.0910. The van der Waals surface area contributed by atoms with Gasteiger partial charge in [0.05, 0.1) is 10.3 Å². The molecule has 0 unspecified atom stereocenters.